The third-order valence-corrected chi connectivity index (χ3v) is 5.47. The van der Waals surface area contributed by atoms with Crippen molar-refractivity contribution in [3.63, 3.8) is 0 Å². The monoisotopic (exact) mass is 383 g/mol. The molecule has 2 aromatic carbocycles. The molecule has 5 nitrogen and oxygen atoms in total. The second-order valence-corrected chi connectivity index (χ2v) is 7.23. The van der Waals surface area contributed by atoms with Gasteiger partial charge in [0.25, 0.3) is 5.91 Å². The van der Waals surface area contributed by atoms with Crippen LogP contribution < -0.4 is 9.64 Å². The first kappa shape index (κ1) is 17.7. The van der Waals surface area contributed by atoms with E-state index < -0.39 is 0 Å². The summed E-state index contributed by atoms with van der Waals surface area (Å²) in [4.78, 5) is 20.5. The normalized spacial score (nSPS) is 14.6. The summed E-state index contributed by atoms with van der Waals surface area (Å²) in [7, 11) is 1.67. The molecule has 4 rings (SSSR count). The van der Waals surface area contributed by atoms with Crippen LogP contribution in [0.15, 0.2) is 42.5 Å². The highest BCUT2D eigenvalue weighted by Gasteiger charge is 2.25. The number of methoxy groups -OCH3 is 1. The lowest BCUT2D eigenvalue weighted by molar-refractivity contribution is 0.0741. The van der Waals surface area contributed by atoms with Crippen molar-refractivity contribution in [2.45, 2.75) is 6.92 Å². The summed E-state index contributed by atoms with van der Waals surface area (Å²) in [5.41, 5.74) is 3.71. The first-order valence-electron chi connectivity index (χ1n) is 9.03. The van der Waals surface area contributed by atoms with E-state index in [-0.39, 0.29) is 5.91 Å². The Morgan fingerprint density at radius 2 is 1.78 bits per heavy atom. The van der Waals surface area contributed by atoms with E-state index in [0.29, 0.717) is 23.8 Å². The molecule has 1 aromatic heterocycles. The number of benzene rings is 2. The topological polar surface area (TPSA) is 48.6 Å². The van der Waals surface area contributed by atoms with Crippen molar-refractivity contribution in [1.82, 2.24) is 9.88 Å². The van der Waals surface area contributed by atoms with Crippen molar-refractivity contribution in [2.75, 3.05) is 38.2 Å². The first-order valence-corrected chi connectivity index (χ1v) is 9.40. The molecule has 140 valence electrons. The Balaban J connectivity index is 1.47. The van der Waals surface area contributed by atoms with Gasteiger partial charge in [0.1, 0.15) is 11.4 Å². The van der Waals surface area contributed by atoms with Gasteiger partial charge >= 0.3 is 0 Å². The molecule has 1 amide bonds. The molecule has 0 atom stereocenters. The van der Waals surface area contributed by atoms with Crippen LogP contribution in [-0.4, -0.2) is 49.1 Å². The van der Waals surface area contributed by atoms with Crippen LogP contribution in [0.1, 0.15) is 16.1 Å². The maximum atomic E-state index is 13.0. The van der Waals surface area contributed by atoms with E-state index in [0.717, 1.165) is 41.0 Å². The fourth-order valence-electron chi connectivity index (χ4n) is 3.63. The second kappa shape index (κ2) is 7.16. The van der Waals surface area contributed by atoms with Gasteiger partial charge in [-0.15, -0.1) is 0 Å². The van der Waals surface area contributed by atoms with Crippen LogP contribution >= 0.6 is 11.6 Å². The molecule has 0 unspecified atom stereocenters. The van der Waals surface area contributed by atoms with Crippen LogP contribution in [-0.2, 0) is 0 Å². The van der Waals surface area contributed by atoms with Gasteiger partial charge in [0, 0.05) is 47.8 Å². The van der Waals surface area contributed by atoms with E-state index in [1.807, 2.05) is 42.2 Å². The minimum absolute atomic E-state index is 0.0502. The summed E-state index contributed by atoms with van der Waals surface area (Å²) in [5, 5.41) is 1.68. The quantitative estimate of drug-likeness (QED) is 0.740. The maximum absolute atomic E-state index is 13.0. The lowest BCUT2D eigenvalue weighted by Crippen LogP contribution is -2.49. The summed E-state index contributed by atoms with van der Waals surface area (Å²) < 4.78 is 5.21. The molecule has 6 heteroatoms. The van der Waals surface area contributed by atoms with Gasteiger partial charge in [0.2, 0.25) is 0 Å². The van der Waals surface area contributed by atoms with Gasteiger partial charge in [0.05, 0.1) is 7.11 Å². The molecule has 0 bridgehead atoms. The molecule has 1 fully saturated rings. The van der Waals surface area contributed by atoms with E-state index in [2.05, 4.69) is 22.0 Å². The highest BCUT2D eigenvalue weighted by Crippen LogP contribution is 2.26. The minimum Gasteiger partial charge on any atom is -0.497 e. The number of H-pyrrole nitrogens is 1. The predicted octanol–water partition coefficient (Wildman–Crippen LogP) is 4.10. The SMILES string of the molecule is COc1ccc(N2CCN(C(=O)c3[nH]c4ccc(Cl)cc4c3C)CC2)cc1. The number of nitrogens with one attached hydrogen (secondary N) is 1. The number of aromatic amines is 1. The summed E-state index contributed by atoms with van der Waals surface area (Å²) in [6, 6.07) is 13.7. The molecule has 3 aromatic rings. The Morgan fingerprint density at radius 3 is 2.44 bits per heavy atom. The zero-order chi connectivity index (χ0) is 19.0. The number of piperazine rings is 1. The van der Waals surface area contributed by atoms with Crippen molar-refractivity contribution in [3.05, 3.63) is 58.7 Å². The van der Waals surface area contributed by atoms with Crippen LogP contribution in [0.5, 0.6) is 5.75 Å². The van der Waals surface area contributed by atoms with Crippen LogP contribution in [0.4, 0.5) is 5.69 Å². The van der Waals surface area contributed by atoms with Gasteiger partial charge in [-0.05, 0) is 55.0 Å². The summed E-state index contributed by atoms with van der Waals surface area (Å²) in [6.07, 6.45) is 0. The Hall–Kier alpha value is -2.66. The number of fused-ring (bicyclic) bond motifs is 1. The number of carbonyl (C=O) groups excluding carboxylic acids is 1. The third kappa shape index (κ3) is 3.35. The number of aryl methyl sites for hydroxylation is 1. The van der Waals surface area contributed by atoms with Crippen LogP contribution in [0.25, 0.3) is 10.9 Å². The fraction of sp³-hybridized carbons (Fsp3) is 0.286. The zero-order valence-corrected chi connectivity index (χ0v) is 16.2. The van der Waals surface area contributed by atoms with Crippen LogP contribution in [0, 0.1) is 6.92 Å². The molecule has 1 N–H and O–H groups in total. The lowest BCUT2D eigenvalue weighted by Gasteiger charge is -2.36. The van der Waals surface area contributed by atoms with Gasteiger partial charge in [-0.1, -0.05) is 11.6 Å². The molecule has 1 saturated heterocycles. The van der Waals surface area contributed by atoms with Gasteiger partial charge in [0.15, 0.2) is 0 Å². The standard InChI is InChI=1S/C21H22ClN3O2/c1-14-18-13-15(22)3-8-19(18)23-20(14)21(26)25-11-9-24(10-12-25)16-4-6-17(27-2)7-5-16/h3-8,13,23H,9-12H2,1-2H3. The van der Waals surface area contributed by atoms with Gasteiger partial charge in [-0.2, -0.15) is 0 Å². The number of halogens is 1. The second-order valence-electron chi connectivity index (χ2n) is 6.79. The zero-order valence-electron chi connectivity index (χ0n) is 15.5. The average molecular weight is 384 g/mol. The third-order valence-electron chi connectivity index (χ3n) is 5.24. The molecule has 0 aliphatic carbocycles. The van der Waals surface area contributed by atoms with Crippen molar-refractivity contribution in [2.24, 2.45) is 0 Å². The summed E-state index contributed by atoms with van der Waals surface area (Å²) in [5.74, 6) is 0.899. The number of nitrogens with zero attached hydrogens (tertiary/aromatic N) is 2. The smallest absolute Gasteiger partial charge is 0.270 e. The molecule has 0 radical (unpaired) electrons. The van der Waals surface area contributed by atoms with Crippen molar-refractivity contribution < 1.29 is 9.53 Å². The number of carbonyl (C=O) groups is 1. The van der Waals surface area contributed by atoms with E-state index in [9.17, 15) is 4.79 Å². The van der Waals surface area contributed by atoms with E-state index >= 15 is 0 Å². The highest BCUT2D eigenvalue weighted by molar-refractivity contribution is 6.31. The molecule has 2 heterocycles. The van der Waals surface area contributed by atoms with E-state index in [1.165, 1.54) is 0 Å². The molecule has 27 heavy (non-hydrogen) atoms. The van der Waals surface area contributed by atoms with Crippen LogP contribution in [0.3, 0.4) is 0 Å². The molecule has 1 aliphatic rings. The largest absolute Gasteiger partial charge is 0.497 e. The molecule has 1 aliphatic heterocycles. The number of ether oxygens (including phenoxy) is 1. The minimum atomic E-state index is 0.0502. The molecular formula is C21H22ClN3O2. The predicted molar refractivity (Wildman–Crippen MR) is 109 cm³/mol. The fourth-order valence-corrected chi connectivity index (χ4v) is 3.80. The highest BCUT2D eigenvalue weighted by atomic mass is 35.5. The maximum Gasteiger partial charge on any atom is 0.270 e. The Kier molecular flexibility index (Phi) is 4.70. The van der Waals surface area contributed by atoms with Gasteiger partial charge in [-0.3, -0.25) is 4.79 Å². The number of rotatable bonds is 3. The number of amides is 1. The lowest BCUT2D eigenvalue weighted by atomic mass is 10.1. The average Bonchev–Trinajstić information content (AvgIpc) is 3.04. The van der Waals surface area contributed by atoms with Crippen molar-refractivity contribution >= 4 is 34.1 Å². The number of hydrogen-bond acceptors (Lipinski definition) is 3. The van der Waals surface area contributed by atoms with E-state index in [1.54, 1.807) is 7.11 Å². The Morgan fingerprint density at radius 1 is 1.07 bits per heavy atom. The Bertz CT molecular complexity index is 973. The van der Waals surface area contributed by atoms with Gasteiger partial charge < -0.3 is 19.5 Å². The molecule has 0 saturated carbocycles. The summed E-state index contributed by atoms with van der Waals surface area (Å²) in [6.45, 7) is 4.98. The van der Waals surface area contributed by atoms with Crippen molar-refractivity contribution in [3.8, 4) is 5.75 Å². The molecule has 0 spiro atoms. The van der Waals surface area contributed by atoms with E-state index in [4.69, 9.17) is 16.3 Å². The number of aromatic nitrogens is 1. The number of hydrogen-bond donors (Lipinski definition) is 1. The van der Waals surface area contributed by atoms with Crippen LogP contribution in [0.2, 0.25) is 5.02 Å². The Labute approximate surface area is 163 Å². The number of anilines is 1. The van der Waals surface area contributed by atoms with Gasteiger partial charge in [-0.25, -0.2) is 0 Å². The van der Waals surface area contributed by atoms with Crippen molar-refractivity contribution in [1.29, 1.82) is 0 Å². The first-order chi connectivity index (χ1) is 13.1. The molecular weight excluding hydrogens is 362 g/mol. The summed E-state index contributed by atoms with van der Waals surface area (Å²) >= 11 is 6.10.